The van der Waals surface area contributed by atoms with Gasteiger partial charge in [0.2, 0.25) is 0 Å². The molecule has 2 heteroatoms. The van der Waals surface area contributed by atoms with Gasteiger partial charge in [-0.1, -0.05) is 13.3 Å². The molecule has 0 spiro atoms. The Balaban J connectivity index is 3.40. The van der Waals surface area contributed by atoms with Crippen molar-refractivity contribution < 1.29 is 9.31 Å². The van der Waals surface area contributed by atoms with Crippen LogP contribution in [0.3, 0.4) is 0 Å². The van der Waals surface area contributed by atoms with Gasteiger partial charge in [0.1, 0.15) is 14.1 Å². The van der Waals surface area contributed by atoms with E-state index in [1.807, 2.05) is 25.6 Å². The van der Waals surface area contributed by atoms with Gasteiger partial charge in [-0.15, -0.1) is 0 Å². The molecule has 0 aromatic rings. The molecule has 0 aliphatic heterocycles. The normalized spacial score (nSPS) is 9.20. The number of hydrogen-bond donors (Lipinski definition) is 0. The molecule has 0 fully saturated rings. The van der Waals surface area contributed by atoms with Crippen LogP contribution in [-0.4, -0.2) is 31.2 Å². The Hall–Kier alpha value is -0.530. The first kappa shape index (κ1) is 9.47. The van der Waals surface area contributed by atoms with Crippen molar-refractivity contribution in [3.8, 4) is 0 Å². The van der Waals surface area contributed by atoms with Crippen molar-refractivity contribution in [3.63, 3.8) is 0 Å². The van der Waals surface area contributed by atoms with E-state index in [2.05, 4.69) is 6.92 Å². The molecular weight excluding hydrogens is 126 g/mol. The van der Waals surface area contributed by atoms with E-state index in [9.17, 15) is 0 Å². The highest BCUT2D eigenvalue weighted by Gasteiger charge is 1.97. The lowest BCUT2D eigenvalue weighted by atomic mass is 10.4. The molecule has 2 nitrogen and oxygen atoms in total. The number of nitrogens with zero attached hydrogens (tertiary/aromatic N) is 1. The van der Waals surface area contributed by atoms with Crippen LogP contribution in [0.25, 0.3) is 0 Å². The minimum atomic E-state index is 0.848. The van der Waals surface area contributed by atoms with Crippen molar-refractivity contribution in [2.45, 2.75) is 26.7 Å². The molecule has 0 saturated heterocycles. The monoisotopic (exact) mass is 144 g/mol. The van der Waals surface area contributed by atoms with Crippen LogP contribution >= 0.6 is 0 Å². The molecule has 10 heavy (non-hydrogen) atoms. The van der Waals surface area contributed by atoms with Crippen molar-refractivity contribution >= 4 is 5.90 Å². The van der Waals surface area contributed by atoms with Gasteiger partial charge in [0.25, 0.3) is 0 Å². The maximum atomic E-state index is 5.39. The summed E-state index contributed by atoms with van der Waals surface area (Å²) in [6.07, 6.45) is 2.34. The van der Waals surface area contributed by atoms with E-state index in [0.717, 1.165) is 18.9 Å². The molecule has 0 saturated carbocycles. The summed E-state index contributed by atoms with van der Waals surface area (Å²) in [6.45, 7) is 4.99. The number of rotatable bonds is 3. The molecule has 0 amide bonds. The molecule has 0 bridgehead atoms. The van der Waals surface area contributed by atoms with Crippen LogP contribution in [0.15, 0.2) is 0 Å². The Labute approximate surface area is 63.5 Å². The van der Waals surface area contributed by atoms with Crippen LogP contribution < -0.4 is 0 Å². The standard InChI is InChI=1S/C8H18NO/c1-5-6-7-10-8(2)9(3)4/h5-7H2,1-4H3/q+1. The van der Waals surface area contributed by atoms with Gasteiger partial charge in [0, 0.05) is 0 Å². The summed E-state index contributed by atoms with van der Waals surface area (Å²) in [5, 5.41) is 0. The van der Waals surface area contributed by atoms with Crippen LogP contribution in [0.4, 0.5) is 0 Å². The third kappa shape index (κ3) is 4.36. The quantitative estimate of drug-likeness (QED) is 0.253. The summed E-state index contributed by atoms with van der Waals surface area (Å²) in [6, 6.07) is 0. The maximum absolute atomic E-state index is 5.39. The van der Waals surface area contributed by atoms with Crippen molar-refractivity contribution in [2.75, 3.05) is 20.7 Å². The number of ether oxygens (including phenoxy) is 1. The number of hydrogen-bond acceptors (Lipinski definition) is 1. The van der Waals surface area contributed by atoms with Gasteiger partial charge >= 0.3 is 5.90 Å². The van der Waals surface area contributed by atoms with Crippen molar-refractivity contribution in [3.05, 3.63) is 0 Å². The molecule has 0 aromatic heterocycles. The summed E-state index contributed by atoms with van der Waals surface area (Å²) in [5.41, 5.74) is 0. The molecule has 60 valence electrons. The summed E-state index contributed by atoms with van der Waals surface area (Å²) in [7, 11) is 3.97. The predicted octanol–water partition coefficient (Wildman–Crippen LogP) is 1.49. The van der Waals surface area contributed by atoms with Crippen LogP contribution in [0.2, 0.25) is 0 Å². The molecule has 0 aliphatic rings. The van der Waals surface area contributed by atoms with Gasteiger partial charge in [-0.05, 0) is 6.42 Å². The van der Waals surface area contributed by atoms with E-state index in [1.54, 1.807) is 0 Å². The van der Waals surface area contributed by atoms with E-state index >= 15 is 0 Å². The minimum absolute atomic E-state index is 0.848. The second kappa shape index (κ2) is 5.27. The fraction of sp³-hybridized carbons (Fsp3) is 0.875. The second-order valence-electron chi connectivity index (χ2n) is 2.62. The van der Waals surface area contributed by atoms with Gasteiger partial charge in [-0.3, -0.25) is 0 Å². The Bertz CT molecular complexity index is 114. The first-order valence-electron chi connectivity index (χ1n) is 3.82. The Morgan fingerprint density at radius 3 is 2.40 bits per heavy atom. The van der Waals surface area contributed by atoms with E-state index < -0.39 is 0 Å². The summed E-state index contributed by atoms with van der Waals surface area (Å²) in [5.74, 6) is 0.994. The molecule has 0 unspecified atom stereocenters. The topological polar surface area (TPSA) is 12.2 Å². The van der Waals surface area contributed by atoms with Gasteiger partial charge in [0.15, 0.2) is 0 Å². The van der Waals surface area contributed by atoms with Gasteiger partial charge in [0.05, 0.1) is 13.5 Å². The minimum Gasteiger partial charge on any atom is -0.448 e. The smallest absolute Gasteiger partial charge is 0.332 e. The Morgan fingerprint density at radius 1 is 1.40 bits per heavy atom. The van der Waals surface area contributed by atoms with E-state index in [0.29, 0.717) is 0 Å². The average molecular weight is 144 g/mol. The highest BCUT2D eigenvalue weighted by Crippen LogP contribution is 1.88. The van der Waals surface area contributed by atoms with Crippen molar-refractivity contribution in [1.29, 1.82) is 0 Å². The van der Waals surface area contributed by atoms with Crippen LogP contribution in [0.5, 0.6) is 0 Å². The lowest BCUT2D eigenvalue weighted by Gasteiger charge is -2.00. The zero-order valence-electron chi connectivity index (χ0n) is 7.48. The van der Waals surface area contributed by atoms with Crippen LogP contribution in [0, 0.1) is 0 Å². The van der Waals surface area contributed by atoms with Gasteiger partial charge < -0.3 is 4.74 Å². The lowest BCUT2D eigenvalue weighted by Crippen LogP contribution is -2.13. The van der Waals surface area contributed by atoms with Gasteiger partial charge in [-0.25, -0.2) is 4.58 Å². The van der Waals surface area contributed by atoms with E-state index in [-0.39, 0.29) is 0 Å². The van der Waals surface area contributed by atoms with Crippen LogP contribution in [-0.2, 0) is 4.74 Å². The Kier molecular flexibility index (Phi) is 4.99. The van der Waals surface area contributed by atoms with Crippen molar-refractivity contribution in [1.82, 2.24) is 0 Å². The van der Waals surface area contributed by atoms with E-state index in [1.165, 1.54) is 6.42 Å². The largest absolute Gasteiger partial charge is 0.448 e. The zero-order valence-corrected chi connectivity index (χ0v) is 7.48. The SMILES string of the molecule is CCCCOC(C)=[N+](C)C. The Morgan fingerprint density at radius 2 is 2.00 bits per heavy atom. The summed E-state index contributed by atoms with van der Waals surface area (Å²) < 4.78 is 7.37. The first-order valence-corrected chi connectivity index (χ1v) is 3.82. The van der Waals surface area contributed by atoms with Crippen molar-refractivity contribution in [2.24, 2.45) is 0 Å². The predicted molar refractivity (Wildman–Crippen MR) is 43.6 cm³/mol. The fourth-order valence-electron chi connectivity index (χ4n) is 0.493. The number of unbranched alkanes of at least 4 members (excludes halogenated alkanes) is 1. The highest BCUT2D eigenvalue weighted by molar-refractivity contribution is 5.67. The molecule has 0 rings (SSSR count). The third-order valence-electron chi connectivity index (χ3n) is 1.44. The molecule has 0 heterocycles. The molecule has 0 atom stereocenters. The highest BCUT2D eigenvalue weighted by atomic mass is 16.5. The molecule has 0 radical (unpaired) electrons. The summed E-state index contributed by atoms with van der Waals surface area (Å²) in [4.78, 5) is 0. The van der Waals surface area contributed by atoms with E-state index in [4.69, 9.17) is 4.74 Å². The fourth-order valence-corrected chi connectivity index (χ4v) is 0.493. The molecule has 0 aliphatic carbocycles. The van der Waals surface area contributed by atoms with Crippen LogP contribution in [0.1, 0.15) is 26.7 Å². The second-order valence-corrected chi connectivity index (χ2v) is 2.62. The molecule has 0 aromatic carbocycles. The van der Waals surface area contributed by atoms with Gasteiger partial charge in [-0.2, -0.15) is 0 Å². The zero-order chi connectivity index (χ0) is 7.98. The third-order valence-corrected chi connectivity index (χ3v) is 1.44. The molecule has 0 N–H and O–H groups in total. The first-order chi connectivity index (χ1) is 4.68. The maximum Gasteiger partial charge on any atom is 0.332 e. The average Bonchev–Trinajstić information content (AvgIpc) is 1.88. The lowest BCUT2D eigenvalue weighted by molar-refractivity contribution is -0.475. The summed E-state index contributed by atoms with van der Waals surface area (Å²) >= 11 is 0. The molecular formula is C8H18NO+.